The van der Waals surface area contributed by atoms with Crippen LogP contribution >= 0.6 is 0 Å². The number of carbonyl (C=O) groups is 1. The topological polar surface area (TPSA) is 20.3 Å². The number of piperidine rings is 1. The van der Waals surface area contributed by atoms with Crippen LogP contribution in [-0.4, -0.2) is 30.8 Å². The van der Waals surface area contributed by atoms with E-state index in [2.05, 4.69) is 11.9 Å². The lowest BCUT2D eigenvalue weighted by molar-refractivity contribution is -0.121. The van der Waals surface area contributed by atoms with Crippen molar-refractivity contribution in [1.29, 1.82) is 0 Å². The minimum atomic E-state index is 0.358. The van der Waals surface area contributed by atoms with Crippen molar-refractivity contribution in [3.05, 3.63) is 0 Å². The summed E-state index contributed by atoms with van der Waals surface area (Å²) in [5.41, 5.74) is 0. The molecule has 2 nitrogen and oxygen atoms in total. The number of nitrogens with zero attached hydrogens (tertiary/aromatic N) is 1. The maximum atomic E-state index is 10.9. The standard InChI is InChI=1S/C8H15NO.C2H6/c1-7(10)8-3-5-9(2)6-4-8;1-2/h8H,3-6H2,1-2H3;1-2H3. The molecule has 2 heteroatoms. The van der Waals surface area contributed by atoms with E-state index in [1.165, 1.54) is 0 Å². The highest BCUT2D eigenvalue weighted by Crippen LogP contribution is 2.15. The summed E-state index contributed by atoms with van der Waals surface area (Å²) in [6, 6.07) is 0. The molecule has 1 aliphatic rings. The van der Waals surface area contributed by atoms with Crippen molar-refractivity contribution in [3.8, 4) is 0 Å². The third-order valence-electron chi connectivity index (χ3n) is 2.29. The number of hydrogen-bond donors (Lipinski definition) is 0. The smallest absolute Gasteiger partial charge is 0.133 e. The molecule has 0 bridgehead atoms. The fraction of sp³-hybridized carbons (Fsp3) is 0.900. The molecule has 1 aliphatic heterocycles. The Kier molecular flexibility index (Phi) is 5.99. The van der Waals surface area contributed by atoms with Crippen LogP contribution in [0.15, 0.2) is 0 Å². The highest BCUT2D eigenvalue weighted by Gasteiger charge is 2.19. The van der Waals surface area contributed by atoms with Gasteiger partial charge in [0.2, 0.25) is 0 Å². The molecule has 0 unspecified atom stereocenters. The maximum absolute atomic E-state index is 10.9. The van der Waals surface area contributed by atoms with E-state index in [-0.39, 0.29) is 0 Å². The number of rotatable bonds is 1. The molecule has 0 atom stereocenters. The Morgan fingerprint density at radius 3 is 2.00 bits per heavy atom. The largest absolute Gasteiger partial charge is 0.306 e. The van der Waals surface area contributed by atoms with E-state index in [1.54, 1.807) is 6.92 Å². The molecule has 1 fully saturated rings. The predicted octanol–water partition coefficient (Wildman–Crippen LogP) is 1.94. The zero-order chi connectivity index (χ0) is 9.56. The van der Waals surface area contributed by atoms with E-state index >= 15 is 0 Å². The van der Waals surface area contributed by atoms with E-state index in [0.717, 1.165) is 25.9 Å². The predicted molar refractivity (Wildman–Crippen MR) is 52.3 cm³/mol. The lowest BCUT2D eigenvalue weighted by atomic mass is 9.94. The third-order valence-corrected chi connectivity index (χ3v) is 2.29. The molecule has 1 rings (SSSR count). The Morgan fingerprint density at radius 1 is 1.25 bits per heavy atom. The number of Topliss-reactive ketones (excluding diaryl/α,β-unsaturated/α-hetero) is 1. The van der Waals surface area contributed by atoms with E-state index in [0.29, 0.717) is 11.7 Å². The Labute approximate surface area is 75.9 Å². The molecule has 0 N–H and O–H groups in total. The molecular formula is C10H21NO. The molecule has 0 saturated carbocycles. The summed E-state index contributed by atoms with van der Waals surface area (Å²) in [6.45, 7) is 7.88. The van der Waals surface area contributed by atoms with E-state index < -0.39 is 0 Å². The molecule has 72 valence electrons. The van der Waals surface area contributed by atoms with Gasteiger partial charge in [-0.15, -0.1) is 0 Å². The highest BCUT2D eigenvalue weighted by molar-refractivity contribution is 5.78. The second-order valence-electron chi connectivity index (χ2n) is 3.19. The molecule has 0 aliphatic carbocycles. The second-order valence-corrected chi connectivity index (χ2v) is 3.19. The van der Waals surface area contributed by atoms with Crippen LogP contribution in [0.4, 0.5) is 0 Å². The fourth-order valence-electron chi connectivity index (χ4n) is 1.42. The normalized spacial score (nSPS) is 19.7. The van der Waals surface area contributed by atoms with Crippen molar-refractivity contribution in [3.63, 3.8) is 0 Å². The summed E-state index contributed by atoms with van der Waals surface area (Å²) >= 11 is 0. The lowest BCUT2D eigenvalue weighted by Gasteiger charge is -2.26. The monoisotopic (exact) mass is 171 g/mol. The zero-order valence-electron chi connectivity index (χ0n) is 8.76. The SMILES string of the molecule is CC.CC(=O)C1CCN(C)CC1. The maximum Gasteiger partial charge on any atom is 0.133 e. The molecule has 0 aromatic carbocycles. The third kappa shape index (κ3) is 3.86. The number of carbonyl (C=O) groups excluding carboxylic acids is 1. The Morgan fingerprint density at radius 2 is 1.67 bits per heavy atom. The summed E-state index contributed by atoms with van der Waals surface area (Å²) in [4.78, 5) is 13.2. The van der Waals surface area contributed by atoms with Crippen LogP contribution in [0.25, 0.3) is 0 Å². The second kappa shape index (κ2) is 6.18. The van der Waals surface area contributed by atoms with Crippen LogP contribution in [0.1, 0.15) is 33.6 Å². The van der Waals surface area contributed by atoms with E-state index in [1.807, 2.05) is 13.8 Å². The van der Waals surface area contributed by atoms with Crippen molar-refractivity contribution in [2.24, 2.45) is 5.92 Å². The van der Waals surface area contributed by atoms with Crippen molar-refractivity contribution >= 4 is 5.78 Å². The van der Waals surface area contributed by atoms with E-state index in [4.69, 9.17) is 0 Å². The van der Waals surface area contributed by atoms with Gasteiger partial charge >= 0.3 is 0 Å². The van der Waals surface area contributed by atoms with Crippen molar-refractivity contribution < 1.29 is 4.79 Å². The van der Waals surface area contributed by atoms with Crippen molar-refractivity contribution in [1.82, 2.24) is 4.90 Å². The Balaban J connectivity index is 0.000000561. The van der Waals surface area contributed by atoms with Gasteiger partial charge in [0, 0.05) is 5.92 Å². The van der Waals surface area contributed by atoms with Crippen LogP contribution < -0.4 is 0 Å². The van der Waals surface area contributed by atoms with Crippen LogP contribution in [0.3, 0.4) is 0 Å². The molecule has 1 saturated heterocycles. The Hall–Kier alpha value is -0.370. The van der Waals surface area contributed by atoms with E-state index in [9.17, 15) is 4.79 Å². The van der Waals surface area contributed by atoms with Crippen molar-refractivity contribution in [2.75, 3.05) is 20.1 Å². The van der Waals surface area contributed by atoms with Crippen LogP contribution in [0.5, 0.6) is 0 Å². The molecule has 0 aromatic heterocycles. The van der Waals surface area contributed by atoms with Gasteiger partial charge in [-0.05, 0) is 39.9 Å². The number of likely N-dealkylation sites (tertiary alicyclic amines) is 1. The first-order valence-corrected chi connectivity index (χ1v) is 4.89. The molecule has 0 aromatic rings. The van der Waals surface area contributed by atoms with Crippen molar-refractivity contribution in [2.45, 2.75) is 33.6 Å². The van der Waals surface area contributed by atoms with Gasteiger partial charge in [0.25, 0.3) is 0 Å². The van der Waals surface area contributed by atoms with Gasteiger partial charge in [0.05, 0.1) is 0 Å². The summed E-state index contributed by atoms with van der Waals surface area (Å²) in [5, 5.41) is 0. The number of ketones is 1. The minimum Gasteiger partial charge on any atom is -0.306 e. The van der Waals surface area contributed by atoms with Gasteiger partial charge in [-0.2, -0.15) is 0 Å². The van der Waals surface area contributed by atoms with Gasteiger partial charge < -0.3 is 4.90 Å². The van der Waals surface area contributed by atoms with Crippen LogP contribution in [-0.2, 0) is 4.79 Å². The molecule has 12 heavy (non-hydrogen) atoms. The van der Waals surface area contributed by atoms with Gasteiger partial charge in [-0.3, -0.25) is 4.79 Å². The summed E-state index contributed by atoms with van der Waals surface area (Å²) in [7, 11) is 2.11. The first-order chi connectivity index (χ1) is 5.70. The molecule has 0 radical (unpaired) electrons. The molecule has 1 heterocycles. The summed E-state index contributed by atoms with van der Waals surface area (Å²) in [5.74, 6) is 0.726. The summed E-state index contributed by atoms with van der Waals surface area (Å²) in [6.07, 6.45) is 2.12. The van der Waals surface area contributed by atoms with Crippen LogP contribution in [0.2, 0.25) is 0 Å². The Bertz CT molecular complexity index is 126. The first kappa shape index (κ1) is 11.6. The minimum absolute atomic E-state index is 0.358. The first-order valence-electron chi connectivity index (χ1n) is 4.89. The van der Waals surface area contributed by atoms with Gasteiger partial charge in [-0.1, -0.05) is 13.8 Å². The number of hydrogen-bond acceptors (Lipinski definition) is 2. The highest BCUT2D eigenvalue weighted by atomic mass is 16.1. The fourth-order valence-corrected chi connectivity index (χ4v) is 1.42. The zero-order valence-corrected chi connectivity index (χ0v) is 8.76. The summed E-state index contributed by atoms with van der Waals surface area (Å²) < 4.78 is 0. The average molecular weight is 171 g/mol. The van der Waals surface area contributed by atoms with Crippen LogP contribution in [0, 0.1) is 5.92 Å². The van der Waals surface area contributed by atoms with Gasteiger partial charge in [-0.25, -0.2) is 0 Å². The molecule has 0 amide bonds. The quantitative estimate of drug-likeness (QED) is 0.601. The molecular weight excluding hydrogens is 150 g/mol. The van der Waals surface area contributed by atoms with Gasteiger partial charge in [0.1, 0.15) is 5.78 Å². The van der Waals surface area contributed by atoms with Gasteiger partial charge in [0.15, 0.2) is 0 Å². The average Bonchev–Trinajstić information content (AvgIpc) is 2.09. The lowest BCUT2D eigenvalue weighted by Crippen LogP contribution is -2.32. The molecule has 0 spiro atoms.